The maximum Gasteiger partial charge on any atom is 0.416 e. The molecule has 4 rings (SSSR count). The summed E-state index contributed by atoms with van der Waals surface area (Å²) in [5.41, 5.74) is -3.11. The van der Waals surface area contributed by atoms with E-state index in [0.717, 1.165) is 0 Å². The van der Waals surface area contributed by atoms with Gasteiger partial charge in [0, 0.05) is 6.54 Å². The summed E-state index contributed by atoms with van der Waals surface area (Å²) < 4.78 is 105. The van der Waals surface area contributed by atoms with Gasteiger partial charge in [0.15, 0.2) is 12.1 Å². The molecule has 0 radical (unpaired) electrons. The van der Waals surface area contributed by atoms with Crippen molar-refractivity contribution in [3.8, 4) is 0 Å². The van der Waals surface area contributed by atoms with Crippen molar-refractivity contribution in [3.63, 3.8) is 0 Å². The van der Waals surface area contributed by atoms with Crippen LogP contribution in [0, 0.1) is 5.82 Å². The van der Waals surface area contributed by atoms with E-state index in [-0.39, 0.29) is 19.2 Å². The molecule has 1 aliphatic rings. The van der Waals surface area contributed by atoms with Gasteiger partial charge in [-0.25, -0.2) is 9.37 Å². The molecule has 0 bridgehead atoms. The van der Waals surface area contributed by atoms with Crippen LogP contribution in [0.3, 0.4) is 0 Å². The van der Waals surface area contributed by atoms with Gasteiger partial charge in [-0.15, -0.1) is 0 Å². The van der Waals surface area contributed by atoms with E-state index in [2.05, 4.69) is 15.2 Å². The fraction of sp³-hybridized carbons (Fsp3) is 0.391. The second-order valence-electron chi connectivity index (χ2n) is 8.27. The van der Waals surface area contributed by atoms with E-state index >= 15 is 0 Å². The van der Waals surface area contributed by atoms with Gasteiger partial charge in [-0.05, 0) is 41.5 Å². The van der Waals surface area contributed by atoms with E-state index in [1.807, 2.05) is 4.90 Å². The number of benzene rings is 2. The van der Waals surface area contributed by atoms with Crippen molar-refractivity contribution in [2.24, 2.45) is 0 Å². The lowest BCUT2D eigenvalue weighted by Gasteiger charge is -2.41. The molecular formula is C23H21F7N4O3. The molecule has 3 unspecified atom stereocenters. The minimum atomic E-state index is -5.07. The maximum atomic E-state index is 13.6. The smallest absolute Gasteiger partial charge is 0.393 e. The topological polar surface area (TPSA) is 83.5 Å². The Labute approximate surface area is 205 Å². The molecule has 0 aliphatic carbocycles. The summed E-state index contributed by atoms with van der Waals surface area (Å²) in [4.78, 5) is 5.88. The van der Waals surface area contributed by atoms with Crippen LogP contribution >= 0.6 is 0 Å². The van der Waals surface area contributed by atoms with Gasteiger partial charge >= 0.3 is 12.4 Å². The molecule has 2 aromatic carbocycles. The van der Waals surface area contributed by atoms with Crippen molar-refractivity contribution in [2.45, 2.75) is 37.3 Å². The van der Waals surface area contributed by atoms with E-state index in [9.17, 15) is 35.8 Å². The molecule has 0 spiro atoms. The van der Waals surface area contributed by atoms with E-state index in [1.165, 1.54) is 30.6 Å². The molecule has 7 nitrogen and oxygen atoms in total. The van der Waals surface area contributed by atoms with Crippen LogP contribution in [0.2, 0.25) is 0 Å². The molecule has 3 atom stereocenters. The first kappa shape index (κ1) is 27.0. The summed E-state index contributed by atoms with van der Waals surface area (Å²) >= 11 is 0. The third-order valence-electron chi connectivity index (χ3n) is 5.78. The number of rotatable bonds is 7. The summed E-state index contributed by atoms with van der Waals surface area (Å²) in [5, 5.41) is 16.5. The molecule has 200 valence electrons. The summed E-state index contributed by atoms with van der Waals surface area (Å²) in [6.07, 6.45) is -11.6. The van der Waals surface area contributed by atoms with Gasteiger partial charge in [-0.3, -0.25) is 10.00 Å². The van der Waals surface area contributed by atoms with Gasteiger partial charge < -0.3 is 14.6 Å². The minimum absolute atomic E-state index is 0.00499. The molecular weight excluding hydrogens is 513 g/mol. The third kappa shape index (κ3) is 6.44. The van der Waals surface area contributed by atoms with Crippen LogP contribution in [0.5, 0.6) is 0 Å². The number of aliphatic hydroxyl groups excluding tert-OH is 1. The fourth-order valence-corrected chi connectivity index (χ4v) is 4.05. The molecule has 1 saturated heterocycles. The number of nitrogens with zero attached hydrogens (tertiary/aromatic N) is 3. The second-order valence-corrected chi connectivity index (χ2v) is 8.27. The van der Waals surface area contributed by atoms with Crippen molar-refractivity contribution in [3.05, 3.63) is 82.7 Å². The summed E-state index contributed by atoms with van der Waals surface area (Å²) in [6, 6.07) is 5.50. The van der Waals surface area contributed by atoms with Gasteiger partial charge in [0.1, 0.15) is 18.2 Å². The van der Waals surface area contributed by atoms with E-state index in [0.29, 0.717) is 30.1 Å². The molecule has 2 heterocycles. The number of H-pyrrole nitrogens is 1. The van der Waals surface area contributed by atoms with Crippen LogP contribution in [0.15, 0.2) is 48.8 Å². The van der Waals surface area contributed by atoms with Gasteiger partial charge in [0.2, 0.25) is 0 Å². The average Bonchev–Trinajstić information content (AvgIpc) is 3.35. The molecule has 1 fully saturated rings. The quantitative estimate of drug-likeness (QED) is 0.430. The van der Waals surface area contributed by atoms with Crippen molar-refractivity contribution < 1.29 is 45.3 Å². The van der Waals surface area contributed by atoms with Gasteiger partial charge in [-0.1, -0.05) is 12.1 Å². The summed E-state index contributed by atoms with van der Waals surface area (Å²) in [6.45, 7) is -0.334. The Morgan fingerprint density at radius 2 is 1.70 bits per heavy atom. The fourth-order valence-electron chi connectivity index (χ4n) is 4.05. The number of aromatic amines is 1. The van der Waals surface area contributed by atoms with Crippen molar-refractivity contribution in [1.29, 1.82) is 0 Å². The Morgan fingerprint density at radius 1 is 1.05 bits per heavy atom. The minimum Gasteiger partial charge on any atom is -0.393 e. The molecule has 0 saturated carbocycles. The molecule has 3 aromatic rings. The molecule has 14 heteroatoms. The normalized spacial score (nSPS) is 20.2. The molecule has 37 heavy (non-hydrogen) atoms. The standard InChI is InChI=1S/C23H21F7N4O3/c24-17-3-1-13(2-4-17)20-21(36-6-5-34(20)10-19-31-12-32-33-19)37-18(11-35)14-7-15(22(25,26)27)9-16(8-14)23(28,29)30/h1-4,7-9,12,18,20-21,35H,5-6,10-11H2,(H,31,32,33). The Bertz CT molecular complexity index is 1140. The predicted molar refractivity (Wildman–Crippen MR) is 113 cm³/mol. The number of morpholine rings is 1. The van der Waals surface area contributed by atoms with Crippen LogP contribution in [-0.2, 0) is 28.4 Å². The molecule has 2 N–H and O–H groups in total. The first-order chi connectivity index (χ1) is 17.5. The first-order valence-electron chi connectivity index (χ1n) is 11.0. The second kappa shape index (κ2) is 10.7. The zero-order valence-electron chi connectivity index (χ0n) is 18.9. The number of hydrogen-bond acceptors (Lipinski definition) is 6. The number of nitrogens with one attached hydrogen (secondary N) is 1. The van der Waals surface area contributed by atoms with Gasteiger partial charge in [0.25, 0.3) is 0 Å². The number of ether oxygens (including phenoxy) is 2. The maximum absolute atomic E-state index is 13.6. The Morgan fingerprint density at radius 3 is 2.24 bits per heavy atom. The highest BCUT2D eigenvalue weighted by atomic mass is 19.4. The third-order valence-corrected chi connectivity index (χ3v) is 5.78. The lowest BCUT2D eigenvalue weighted by molar-refractivity contribution is -0.238. The van der Waals surface area contributed by atoms with Gasteiger partial charge in [0.05, 0.1) is 36.9 Å². The van der Waals surface area contributed by atoms with E-state index < -0.39 is 59.9 Å². The zero-order chi connectivity index (χ0) is 26.8. The van der Waals surface area contributed by atoms with Crippen LogP contribution in [0.25, 0.3) is 0 Å². The van der Waals surface area contributed by atoms with Crippen molar-refractivity contribution >= 4 is 0 Å². The predicted octanol–water partition coefficient (Wildman–Crippen LogP) is 4.63. The highest BCUT2D eigenvalue weighted by Crippen LogP contribution is 2.39. The van der Waals surface area contributed by atoms with E-state index in [4.69, 9.17) is 9.47 Å². The molecule has 1 aliphatic heterocycles. The summed E-state index contributed by atoms with van der Waals surface area (Å²) in [7, 11) is 0. The van der Waals surface area contributed by atoms with Crippen LogP contribution in [0.4, 0.5) is 30.7 Å². The summed E-state index contributed by atoms with van der Waals surface area (Å²) in [5.74, 6) is -0.116. The van der Waals surface area contributed by atoms with Crippen LogP contribution in [-0.4, -0.2) is 51.2 Å². The highest BCUT2D eigenvalue weighted by molar-refractivity contribution is 5.35. The number of halogens is 7. The number of aliphatic hydroxyl groups is 1. The van der Waals surface area contributed by atoms with Crippen LogP contribution < -0.4 is 0 Å². The zero-order valence-corrected chi connectivity index (χ0v) is 18.9. The van der Waals surface area contributed by atoms with E-state index in [1.54, 1.807) is 0 Å². The Kier molecular flexibility index (Phi) is 7.83. The number of alkyl halides is 6. The number of hydrogen-bond donors (Lipinski definition) is 2. The largest absolute Gasteiger partial charge is 0.416 e. The van der Waals surface area contributed by atoms with Crippen molar-refractivity contribution in [2.75, 3.05) is 19.8 Å². The number of aromatic nitrogens is 3. The van der Waals surface area contributed by atoms with Crippen LogP contribution in [0.1, 0.15) is 40.2 Å². The first-order valence-corrected chi connectivity index (χ1v) is 11.0. The molecule has 1 aromatic heterocycles. The Hall–Kier alpha value is -3.07. The Balaban J connectivity index is 1.69. The average molecular weight is 534 g/mol. The SMILES string of the molecule is OCC(OC1OCCN(Cc2nc[nH]n2)C1c1ccc(F)cc1)c1cc(C(F)(F)F)cc(C(F)(F)F)c1. The monoisotopic (exact) mass is 534 g/mol. The van der Waals surface area contributed by atoms with Gasteiger partial charge in [-0.2, -0.15) is 31.4 Å². The lowest BCUT2D eigenvalue weighted by Crippen LogP contribution is -2.46. The van der Waals surface area contributed by atoms with Crippen molar-refractivity contribution in [1.82, 2.24) is 20.1 Å². The molecule has 0 amide bonds. The highest BCUT2D eigenvalue weighted by Gasteiger charge is 2.40. The lowest BCUT2D eigenvalue weighted by atomic mass is 10.00.